The van der Waals surface area contributed by atoms with E-state index in [9.17, 15) is 9.59 Å². The van der Waals surface area contributed by atoms with E-state index >= 15 is 0 Å². The summed E-state index contributed by atoms with van der Waals surface area (Å²) in [7, 11) is 0. The molecular weight excluding hydrogens is 130 g/mol. The van der Waals surface area contributed by atoms with Crippen LogP contribution in [-0.4, -0.2) is 18.1 Å². The van der Waals surface area contributed by atoms with Gasteiger partial charge >= 0.3 is 0 Å². The molecule has 0 aliphatic carbocycles. The molecule has 0 bridgehead atoms. The Morgan fingerprint density at radius 2 is 2.00 bits per heavy atom. The van der Waals surface area contributed by atoms with Gasteiger partial charge in [0, 0.05) is 0 Å². The fourth-order valence-corrected chi connectivity index (χ4v) is 0.520. The van der Waals surface area contributed by atoms with E-state index in [0.29, 0.717) is 0 Å². The predicted molar refractivity (Wildman–Crippen MR) is 38.5 cm³/mol. The molecule has 0 aromatic carbocycles. The van der Waals surface area contributed by atoms with E-state index < -0.39 is 11.8 Å². The van der Waals surface area contributed by atoms with Crippen LogP contribution >= 0.6 is 0 Å². The van der Waals surface area contributed by atoms with E-state index in [2.05, 4.69) is 0 Å². The molecule has 0 amide bonds. The Bertz CT molecular complexity index is 168. The van der Waals surface area contributed by atoms with E-state index in [1.165, 1.54) is 0 Å². The Kier molecular flexibility index (Phi) is 3.57. The van der Waals surface area contributed by atoms with Crippen LogP contribution < -0.4 is 5.73 Å². The first-order valence-electron chi connectivity index (χ1n) is 2.97. The maximum Gasteiger partial charge on any atom is 0.215 e. The second-order valence-corrected chi connectivity index (χ2v) is 2.29. The van der Waals surface area contributed by atoms with Crippen molar-refractivity contribution in [3.05, 3.63) is 11.6 Å². The third-order valence-electron chi connectivity index (χ3n) is 0.958. The fraction of sp³-hybridized carbons (Fsp3) is 0.429. The van der Waals surface area contributed by atoms with E-state index in [-0.39, 0.29) is 6.29 Å². The van der Waals surface area contributed by atoms with Gasteiger partial charge in [-0.3, -0.25) is 9.59 Å². The van der Waals surface area contributed by atoms with Crippen LogP contribution in [0.2, 0.25) is 0 Å². The maximum absolute atomic E-state index is 10.5. The Morgan fingerprint density at radius 3 is 2.30 bits per heavy atom. The zero-order valence-corrected chi connectivity index (χ0v) is 6.13. The van der Waals surface area contributed by atoms with Crippen molar-refractivity contribution in [2.75, 3.05) is 0 Å². The molecule has 10 heavy (non-hydrogen) atoms. The van der Waals surface area contributed by atoms with Crippen LogP contribution in [0.5, 0.6) is 0 Å². The quantitative estimate of drug-likeness (QED) is 0.343. The Labute approximate surface area is 59.9 Å². The molecule has 0 saturated carbocycles. The van der Waals surface area contributed by atoms with Gasteiger partial charge in [0.05, 0.1) is 6.04 Å². The lowest BCUT2D eigenvalue weighted by Crippen LogP contribution is -2.29. The van der Waals surface area contributed by atoms with E-state index in [1.807, 2.05) is 13.8 Å². The molecule has 0 aromatic heterocycles. The average molecular weight is 141 g/mol. The monoisotopic (exact) mass is 141 g/mol. The summed E-state index contributed by atoms with van der Waals surface area (Å²) < 4.78 is 0. The zero-order chi connectivity index (χ0) is 8.15. The van der Waals surface area contributed by atoms with Crippen molar-refractivity contribution in [2.45, 2.75) is 19.9 Å². The van der Waals surface area contributed by atoms with E-state index in [4.69, 9.17) is 5.73 Å². The van der Waals surface area contributed by atoms with Crippen LogP contribution in [0.4, 0.5) is 0 Å². The van der Waals surface area contributed by atoms with Gasteiger partial charge in [-0.2, -0.15) is 0 Å². The Balaban J connectivity index is 4.09. The van der Waals surface area contributed by atoms with Crippen molar-refractivity contribution >= 4 is 12.1 Å². The van der Waals surface area contributed by atoms with Crippen LogP contribution in [0.3, 0.4) is 0 Å². The molecule has 0 fully saturated rings. The van der Waals surface area contributed by atoms with Gasteiger partial charge in [-0.05, 0) is 13.8 Å². The second kappa shape index (κ2) is 3.95. The lowest BCUT2D eigenvalue weighted by molar-refractivity contribution is -0.130. The van der Waals surface area contributed by atoms with Gasteiger partial charge in [-0.15, -0.1) is 0 Å². The topological polar surface area (TPSA) is 60.2 Å². The summed E-state index contributed by atoms with van der Waals surface area (Å²) in [6.07, 6.45) is 1.79. The van der Waals surface area contributed by atoms with Gasteiger partial charge in [0.25, 0.3) is 0 Å². The maximum atomic E-state index is 10.5. The average Bonchev–Trinajstić information content (AvgIpc) is 1.85. The summed E-state index contributed by atoms with van der Waals surface area (Å²) >= 11 is 0. The highest BCUT2D eigenvalue weighted by Gasteiger charge is 2.07. The van der Waals surface area contributed by atoms with Gasteiger partial charge in [0.1, 0.15) is 0 Å². The predicted octanol–water partition coefficient (Wildman–Crippen LogP) is 0.0479. The third kappa shape index (κ3) is 3.14. The van der Waals surface area contributed by atoms with Crippen LogP contribution in [-0.2, 0) is 9.59 Å². The lowest BCUT2D eigenvalue weighted by Gasteiger charge is -1.98. The number of carbonyl (C=O) groups excluding carboxylic acids is 2. The number of Topliss-reactive ketones (excluding diaryl/α,β-unsaturated/α-hetero) is 1. The highest BCUT2D eigenvalue weighted by Crippen LogP contribution is 1.91. The highest BCUT2D eigenvalue weighted by atomic mass is 16.2. The minimum absolute atomic E-state index is 0.240. The van der Waals surface area contributed by atoms with Gasteiger partial charge < -0.3 is 5.73 Å². The van der Waals surface area contributed by atoms with Gasteiger partial charge in [-0.1, -0.05) is 11.6 Å². The summed E-state index contributed by atoms with van der Waals surface area (Å²) in [5, 5.41) is 0. The molecule has 1 atom stereocenters. The van der Waals surface area contributed by atoms with Gasteiger partial charge in [0.15, 0.2) is 6.29 Å². The van der Waals surface area contributed by atoms with Gasteiger partial charge in [-0.25, -0.2) is 0 Å². The number of hydrogen-bond donors (Lipinski definition) is 1. The molecule has 0 aromatic rings. The molecule has 0 rings (SSSR count). The number of aldehydes is 1. The minimum Gasteiger partial charge on any atom is -0.318 e. The molecule has 0 spiro atoms. The summed E-state index contributed by atoms with van der Waals surface area (Å²) in [5.74, 6) is -0.582. The molecular formula is C7H11NO2. The van der Waals surface area contributed by atoms with Crippen molar-refractivity contribution < 1.29 is 9.59 Å². The third-order valence-corrected chi connectivity index (χ3v) is 0.958. The standard InChI is InChI=1S/C7H11NO2/c1-5(2)3-6(8)7(10)4-9/h3-4,6H,8H2,1-2H3. The van der Waals surface area contributed by atoms with E-state index in [1.54, 1.807) is 6.08 Å². The first-order valence-corrected chi connectivity index (χ1v) is 2.97. The largest absolute Gasteiger partial charge is 0.318 e. The van der Waals surface area contributed by atoms with Crippen molar-refractivity contribution in [2.24, 2.45) is 5.73 Å². The number of allylic oxidation sites excluding steroid dienone is 1. The first kappa shape index (κ1) is 9.04. The summed E-state index contributed by atoms with van der Waals surface area (Å²) in [5.41, 5.74) is 6.20. The van der Waals surface area contributed by atoms with Crippen molar-refractivity contribution in [3.63, 3.8) is 0 Å². The minimum atomic E-state index is -0.762. The molecule has 1 unspecified atom stereocenters. The van der Waals surface area contributed by atoms with Gasteiger partial charge in [0.2, 0.25) is 5.78 Å². The van der Waals surface area contributed by atoms with Crippen LogP contribution in [0, 0.1) is 0 Å². The van der Waals surface area contributed by atoms with Crippen LogP contribution in [0.25, 0.3) is 0 Å². The number of ketones is 1. The highest BCUT2D eigenvalue weighted by molar-refractivity contribution is 6.28. The summed E-state index contributed by atoms with van der Waals surface area (Å²) in [4.78, 5) is 20.4. The SMILES string of the molecule is CC(C)=CC(N)C(=O)C=O. The number of nitrogens with two attached hydrogens (primary N) is 1. The molecule has 56 valence electrons. The Morgan fingerprint density at radius 1 is 1.50 bits per heavy atom. The number of carbonyl (C=O) groups is 2. The molecule has 0 aliphatic rings. The molecule has 0 saturated heterocycles. The smallest absolute Gasteiger partial charge is 0.215 e. The summed E-state index contributed by atoms with van der Waals surface area (Å²) in [6, 6.07) is -0.762. The molecule has 0 radical (unpaired) electrons. The van der Waals surface area contributed by atoms with Crippen molar-refractivity contribution in [3.8, 4) is 0 Å². The number of hydrogen-bond acceptors (Lipinski definition) is 3. The number of rotatable bonds is 3. The molecule has 3 nitrogen and oxygen atoms in total. The second-order valence-electron chi connectivity index (χ2n) is 2.29. The fourth-order valence-electron chi connectivity index (χ4n) is 0.520. The van der Waals surface area contributed by atoms with Crippen molar-refractivity contribution in [1.82, 2.24) is 0 Å². The van der Waals surface area contributed by atoms with E-state index in [0.717, 1.165) is 5.57 Å². The first-order chi connectivity index (χ1) is 4.57. The van der Waals surface area contributed by atoms with Crippen LogP contribution in [0.15, 0.2) is 11.6 Å². The lowest BCUT2D eigenvalue weighted by atomic mass is 10.1. The Hall–Kier alpha value is -0.960. The zero-order valence-electron chi connectivity index (χ0n) is 6.13. The molecule has 0 aliphatic heterocycles. The normalized spacial score (nSPS) is 11.9. The molecule has 2 N–H and O–H groups in total. The molecule has 0 heterocycles. The molecule has 3 heteroatoms. The van der Waals surface area contributed by atoms with Crippen LogP contribution in [0.1, 0.15) is 13.8 Å². The van der Waals surface area contributed by atoms with Crippen molar-refractivity contribution in [1.29, 1.82) is 0 Å². The summed E-state index contributed by atoms with van der Waals surface area (Å²) in [6.45, 7) is 3.63.